The van der Waals surface area contributed by atoms with E-state index in [0.717, 1.165) is 25.1 Å². The molecule has 0 aromatic heterocycles. The highest BCUT2D eigenvalue weighted by molar-refractivity contribution is 5.87. The fourth-order valence-corrected chi connectivity index (χ4v) is 2.99. The number of hydrogen-bond acceptors (Lipinski definition) is 2. The number of nitrogens with zero attached hydrogens (tertiary/aromatic N) is 1. The van der Waals surface area contributed by atoms with Crippen molar-refractivity contribution in [2.45, 2.75) is 39.0 Å². The molecule has 1 atom stereocenters. The van der Waals surface area contributed by atoms with Crippen molar-refractivity contribution in [1.82, 2.24) is 4.90 Å². The van der Waals surface area contributed by atoms with Crippen molar-refractivity contribution in [1.29, 1.82) is 0 Å². The number of amides is 1. The minimum absolute atomic E-state index is 0.152. The Kier molecular flexibility index (Phi) is 5.37. The Morgan fingerprint density at radius 3 is 2.62 bits per heavy atom. The summed E-state index contributed by atoms with van der Waals surface area (Å²) in [5.74, 6) is -0.146. The summed E-state index contributed by atoms with van der Waals surface area (Å²) in [6.45, 7) is 3.91. The van der Waals surface area contributed by atoms with E-state index in [-0.39, 0.29) is 11.5 Å². The van der Waals surface area contributed by atoms with E-state index in [9.17, 15) is 9.59 Å². The van der Waals surface area contributed by atoms with Gasteiger partial charge in [-0.3, -0.25) is 4.79 Å². The van der Waals surface area contributed by atoms with Crippen LogP contribution in [-0.4, -0.2) is 35.0 Å². The maximum Gasteiger partial charge on any atom is 0.335 e. The lowest BCUT2D eigenvalue weighted by atomic mass is 9.93. The number of benzene rings is 1. The summed E-state index contributed by atoms with van der Waals surface area (Å²) < 4.78 is 0. The zero-order chi connectivity index (χ0) is 15.2. The molecule has 1 amide bonds. The number of carbonyl (C=O) groups excluding carboxylic acids is 1. The Balaban J connectivity index is 1.92. The van der Waals surface area contributed by atoms with E-state index in [1.807, 2.05) is 4.90 Å². The second kappa shape index (κ2) is 7.25. The van der Waals surface area contributed by atoms with Crippen LogP contribution in [-0.2, 0) is 11.2 Å². The fraction of sp³-hybridized carbons (Fsp3) is 0.529. The van der Waals surface area contributed by atoms with Gasteiger partial charge in [0.2, 0.25) is 5.91 Å². The zero-order valence-electron chi connectivity index (χ0n) is 12.5. The Hall–Kier alpha value is -1.84. The van der Waals surface area contributed by atoms with Gasteiger partial charge in [0, 0.05) is 13.1 Å². The Morgan fingerprint density at radius 2 is 2.00 bits per heavy atom. The van der Waals surface area contributed by atoms with Crippen molar-refractivity contribution in [3.63, 3.8) is 0 Å². The molecule has 1 unspecified atom stereocenters. The SMILES string of the molecule is CCCC1CCCN(C(=O)Cc2ccc(C(=O)O)cc2)C1. The molecule has 114 valence electrons. The number of carboxylic acid groups (broad SMARTS) is 1. The lowest BCUT2D eigenvalue weighted by Crippen LogP contribution is -2.40. The molecule has 1 fully saturated rings. The number of likely N-dealkylation sites (tertiary alicyclic amines) is 1. The van der Waals surface area contributed by atoms with E-state index < -0.39 is 5.97 Å². The highest BCUT2D eigenvalue weighted by atomic mass is 16.4. The van der Waals surface area contributed by atoms with E-state index in [2.05, 4.69) is 6.92 Å². The fourth-order valence-electron chi connectivity index (χ4n) is 2.99. The van der Waals surface area contributed by atoms with Gasteiger partial charge < -0.3 is 10.0 Å². The minimum atomic E-state index is -0.939. The van der Waals surface area contributed by atoms with Crippen LogP contribution in [0.4, 0.5) is 0 Å². The van der Waals surface area contributed by atoms with Crippen molar-refractivity contribution in [2.75, 3.05) is 13.1 Å². The average molecular weight is 289 g/mol. The summed E-state index contributed by atoms with van der Waals surface area (Å²) in [5.41, 5.74) is 1.13. The topological polar surface area (TPSA) is 57.6 Å². The van der Waals surface area contributed by atoms with Crippen molar-refractivity contribution < 1.29 is 14.7 Å². The average Bonchev–Trinajstić information content (AvgIpc) is 2.48. The highest BCUT2D eigenvalue weighted by Gasteiger charge is 2.23. The molecule has 2 rings (SSSR count). The minimum Gasteiger partial charge on any atom is -0.478 e. The van der Waals surface area contributed by atoms with Crippen molar-refractivity contribution in [2.24, 2.45) is 5.92 Å². The summed E-state index contributed by atoms with van der Waals surface area (Å²) in [5, 5.41) is 8.87. The lowest BCUT2D eigenvalue weighted by Gasteiger charge is -2.32. The molecule has 1 saturated heterocycles. The van der Waals surface area contributed by atoms with Crippen LogP contribution in [0.1, 0.15) is 48.5 Å². The highest BCUT2D eigenvalue weighted by Crippen LogP contribution is 2.21. The maximum atomic E-state index is 12.3. The smallest absolute Gasteiger partial charge is 0.335 e. The van der Waals surface area contributed by atoms with Gasteiger partial charge in [-0.15, -0.1) is 0 Å². The standard InChI is InChI=1S/C17H23NO3/c1-2-4-14-5-3-10-18(12-14)16(19)11-13-6-8-15(9-7-13)17(20)21/h6-9,14H,2-5,10-12H2,1H3,(H,20,21). The molecule has 0 radical (unpaired) electrons. The van der Waals surface area contributed by atoms with Gasteiger partial charge in [0.15, 0.2) is 0 Å². The van der Waals surface area contributed by atoms with Gasteiger partial charge in [0.1, 0.15) is 0 Å². The Bertz CT molecular complexity index is 493. The van der Waals surface area contributed by atoms with Crippen LogP contribution >= 0.6 is 0 Å². The molecule has 1 aromatic rings. The van der Waals surface area contributed by atoms with Gasteiger partial charge in [0.25, 0.3) is 0 Å². The number of carbonyl (C=O) groups is 2. The van der Waals surface area contributed by atoms with Gasteiger partial charge in [0.05, 0.1) is 12.0 Å². The molecule has 21 heavy (non-hydrogen) atoms. The molecule has 1 heterocycles. The quantitative estimate of drug-likeness (QED) is 0.906. The molecule has 1 N–H and O–H groups in total. The Morgan fingerprint density at radius 1 is 1.29 bits per heavy atom. The third kappa shape index (κ3) is 4.31. The first-order chi connectivity index (χ1) is 10.1. The molecule has 0 spiro atoms. The van der Waals surface area contributed by atoms with E-state index in [4.69, 9.17) is 5.11 Å². The molecule has 0 saturated carbocycles. The molecular weight excluding hydrogens is 266 g/mol. The Labute approximate surface area is 125 Å². The number of piperidine rings is 1. The van der Waals surface area contributed by atoms with Gasteiger partial charge in [-0.05, 0) is 42.9 Å². The molecule has 4 nitrogen and oxygen atoms in total. The number of rotatable bonds is 5. The number of hydrogen-bond donors (Lipinski definition) is 1. The third-order valence-corrected chi connectivity index (χ3v) is 4.12. The van der Waals surface area contributed by atoms with Crippen LogP contribution in [0.2, 0.25) is 0 Å². The largest absolute Gasteiger partial charge is 0.478 e. The number of carboxylic acids is 1. The van der Waals surface area contributed by atoms with Gasteiger partial charge in [-0.25, -0.2) is 4.79 Å². The van der Waals surface area contributed by atoms with Crippen molar-refractivity contribution in [3.8, 4) is 0 Å². The monoisotopic (exact) mass is 289 g/mol. The van der Waals surface area contributed by atoms with Crippen molar-refractivity contribution >= 4 is 11.9 Å². The van der Waals surface area contributed by atoms with Crippen molar-refractivity contribution in [3.05, 3.63) is 35.4 Å². The first-order valence-electron chi connectivity index (χ1n) is 7.70. The zero-order valence-corrected chi connectivity index (χ0v) is 12.5. The van der Waals surface area contributed by atoms with Gasteiger partial charge >= 0.3 is 5.97 Å². The van der Waals surface area contributed by atoms with E-state index in [1.54, 1.807) is 24.3 Å². The molecule has 0 aliphatic carbocycles. The second-order valence-corrected chi connectivity index (χ2v) is 5.82. The predicted molar refractivity (Wildman–Crippen MR) is 81.3 cm³/mol. The molecule has 0 bridgehead atoms. The summed E-state index contributed by atoms with van der Waals surface area (Å²) in [6, 6.07) is 6.58. The molecule has 1 aliphatic rings. The van der Waals surface area contributed by atoms with Gasteiger partial charge in [-0.1, -0.05) is 25.5 Å². The van der Waals surface area contributed by atoms with Crippen LogP contribution in [0.5, 0.6) is 0 Å². The molecule has 1 aromatic carbocycles. The van der Waals surface area contributed by atoms with Gasteiger partial charge in [-0.2, -0.15) is 0 Å². The maximum absolute atomic E-state index is 12.3. The summed E-state index contributed by atoms with van der Waals surface area (Å²) in [6.07, 6.45) is 5.04. The molecular formula is C17H23NO3. The van der Waals surface area contributed by atoms with Crippen LogP contribution in [0.3, 0.4) is 0 Å². The van der Waals surface area contributed by atoms with Crippen LogP contribution in [0.15, 0.2) is 24.3 Å². The second-order valence-electron chi connectivity index (χ2n) is 5.82. The first kappa shape index (κ1) is 15.5. The first-order valence-corrected chi connectivity index (χ1v) is 7.70. The third-order valence-electron chi connectivity index (χ3n) is 4.12. The van der Waals surface area contributed by atoms with E-state index >= 15 is 0 Å². The number of aromatic carboxylic acids is 1. The molecule has 4 heteroatoms. The van der Waals surface area contributed by atoms with Crippen LogP contribution in [0, 0.1) is 5.92 Å². The van der Waals surface area contributed by atoms with Crippen LogP contribution in [0.25, 0.3) is 0 Å². The summed E-state index contributed by atoms with van der Waals surface area (Å²) in [7, 11) is 0. The predicted octanol–water partition coefficient (Wildman–Crippen LogP) is 2.97. The summed E-state index contributed by atoms with van der Waals surface area (Å²) >= 11 is 0. The van der Waals surface area contributed by atoms with E-state index in [0.29, 0.717) is 12.3 Å². The summed E-state index contributed by atoms with van der Waals surface area (Å²) in [4.78, 5) is 25.1. The van der Waals surface area contributed by atoms with E-state index in [1.165, 1.54) is 19.3 Å². The van der Waals surface area contributed by atoms with Crippen LogP contribution < -0.4 is 0 Å². The molecule has 1 aliphatic heterocycles. The lowest BCUT2D eigenvalue weighted by molar-refractivity contribution is -0.132. The normalized spacial score (nSPS) is 18.5.